The molecule has 3 aromatic rings. The molecule has 118 valence electrons. The van der Waals surface area contributed by atoms with Gasteiger partial charge in [0.05, 0.1) is 5.25 Å². The zero-order valence-electron chi connectivity index (χ0n) is 12.3. The standard InChI is InChI=1S/C15H14FN5OS/c1-2-11(14(17)22)23-13-8-7-12-18-19-15(21(12)20-13)9-3-5-10(16)6-4-9/h3-8,11H,2H2,1H3,(H2,17,22)/t11-/m1/s1. The van der Waals surface area contributed by atoms with Gasteiger partial charge in [-0.3, -0.25) is 4.79 Å². The fourth-order valence-electron chi connectivity index (χ4n) is 2.10. The Morgan fingerprint density at radius 3 is 2.65 bits per heavy atom. The smallest absolute Gasteiger partial charge is 0.230 e. The molecule has 3 rings (SSSR count). The molecule has 0 aliphatic carbocycles. The third kappa shape index (κ3) is 3.16. The largest absolute Gasteiger partial charge is 0.369 e. The molecule has 0 aliphatic heterocycles. The van der Waals surface area contributed by atoms with Crippen LogP contribution in [0.5, 0.6) is 0 Å². The van der Waals surface area contributed by atoms with E-state index in [1.165, 1.54) is 23.9 Å². The molecule has 2 heterocycles. The van der Waals surface area contributed by atoms with Crippen molar-refractivity contribution in [3.05, 3.63) is 42.2 Å². The van der Waals surface area contributed by atoms with Crippen LogP contribution in [-0.2, 0) is 4.79 Å². The quantitative estimate of drug-likeness (QED) is 0.725. The first-order chi connectivity index (χ1) is 11.1. The molecule has 1 amide bonds. The van der Waals surface area contributed by atoms with Crippen LogP contribution in [0.3, 0.4) is 0 Å². The van der Waals surface area contributed by atoms with Gasteiger partial charge in [0.25, 0.3) is 0 Å². The van der Waals surface area contributed by atoms with Gasteiger partial charge in [-0.15, -0.1) is 10.2 Å². The molecule has 0 unspecified atom stereocenters. The van der Waals surface area contributed by atoms with Gasteiger partial charge in [0, 0.05) is 5.56 Å². The number of nitrogens with zero attached hydrogens (tertiary/aromatic N) is 4. The predicted molar refractivity (Wildman–Crippen MR) is 85.3 cm³/mol. The molecule has 0 radical (unpaired) electrons. The molecule has 0 saturated heterocycles. The Bertz CT molecular complexity index is 849. The molecule has 8 heteroatoms. The van der Waals surface area contributed by atoms with Crippen LogP contribution in [0.25, 0.3) is 17.0 Å². The topological polar surface area (TPSA) is 86.2 Å². The summed E-state index contributed by atoms with van der Waals surface area (Å²) in [4.78, 5) is 11.4. The van der Waals surface area contributed by atoms with Gasteiger partial charge in [0.15, 0.2) is 11.5 Å². The first kappa shape index (κ1) is 15.4. The van der Waals surface area contributed by atoms with E-state index in [0.29, 0.717) is 28.5 Å². The molecule has 0 spiro atoms. The van der Waals surface area contributed by atoms with Gasteiger partial charge in [-0.25, -0.2) is 4.39 Å². The van der Waals surface area contributed by atoms with E-state index in [0.717, 1.165) is 0 Å². The Morgan fingerprint density at radius 1 is 1.26 bits per heavy atom. The van der Waals surface area contributed by atoms with Crippen molar-refractivity contribution in [1.82, 2.24) is 19.8 Å². The van der Waals surface area contributed by atoms with Gasteiger partial charge < -0.3 is 5.73 Å². The molecule has 2 N–H and O–H groups in total. The average molecular weight is 331 g/mol. The highest BCUT2D eigenvalue weighted by Crippen LogP contribution is 2.25. The summed E-state index contributed by atoms with van der Waals surface area (Å²) in [7, 11) is 0. The Morgan fingerprint density at radius 2 is 2.00 bits per heavy atom. The number of halogens is 1. The second-order valence-electron chi connectivity index (χ2n) is 4.89. The average Bonchev–Trinajstić information content (AvgIpc) is 2.96. The Labute approximate surface area is 135 Å². The van der Waals surface area contributed by atoms with Crippen LogP contribution in [0.2, 0.25) is 0 Å². The van der Waals surface area contributed by atoms with Crippen molar-refractivity contribution in [3.63, 3.8) is 0 Å². The Kier molecular flexibility index (Phi) is 4.24. The van der Waals surface area contributed by atoms with Gasteiger partial charge in [-0.1, -0.05) is 18.7 Å². The van der Waals surface area contributed by atoms with E-state index >= 15 is 0 Å². The van der Waals surface area contributed by atoms with E-state index in [1.54, 1.807) is 28.8 Å². The number of thioether (sulfide) groups is 1. The third-order valence-electron chi connectivity index (χ3n) is 3.29. The predicted octanol–water partition coefficient (Wildman–Crippen LogP) is 2.29. The summed E-state index contributed by atoms with van der Waals surface area (Å²) >= 11 is 1.30. The molecule has 6 nitrogen and oxygen atoms in total. The zero-order chi connectivity index (χ0) is 16.4. The lowest BCUT2D eigenvalue weighted by molar-refractivity contribution is -0.117. The van der Waals surface area contributed by atoms with Gasteiger partial charge in [-0.2, -0.15) is 9.61 Å². The lowest BCUT2D eigenvalue weighted by Crippen LogP contribution is -2.25. The maximum atomic E-state index is 13.1. The van der Waals surface area contributed by atoms with Crippen LogP contribution in [0.1, 0.15) is 13.3 Å². The summed E-state index contributed by atoms with van der Waals surface area (Å²) in [5, 5.41) is 12.9. The van der Waals surface area contributed by atoms with Crippen molar-refractivity contribution in [3.8, 4) is 11.4 Å². The summed E-state index contributed by atoms with van der Waals surface area (Å²) in [6.07, 6.45) is 0.618. The van der Waals surface area contributed by atoms with Crippen molar-refractivity contribution < 1.29 is 9.18 Å². The number of aromatic nitrogens is 4. The Hall–Kier alpha value is -2.48. The van der Waals surface area contributed by atoms with Crippen molar-refractivity contribution in [1.29, 1.82) is 0 Å². The first-order valence-electron chi connectivity index (χ1n) is 7.03. The van der Waals surface area contributed by atoms with Crippen LogP contribution in [0.15, 0.2) is 41.4 Å². The molecule has 2 aromatic heterocycles. The molecule has 0 saturated carbocycles. The lowest BCUT2D eigenvalue weighted by atomic mass is 10.2. The van der Waals surface area contributed by atoms with Crippen LogP contribution in [0.4, 0.5) is 4.39 Å². The maximum absolute atomic E-state index is 13.1. The maximum Gasteiger partial charge on any atom is 0.230 e. The Balaban J connectivity index is 2.00. The molecular formula is C15H14FN5OS. The van der Waals surface area contributed by atoms with Crippen molar-refractivity contribution in [2.24, 2.45) is 5.73 Å². The summed E-state index contributed by atoms with van der Waals surface area (Å²) in [5.41, 5.74) is 6.64. The summed E-state index contributed by atoms with van der Waals surface area (Å²) in [6.45, 7) is 1.89. The molecule has 0 fully saturated rings. The van der Waals surface area contributed by atoms with Crippen molar-refractivity contribution in [2.45, 2.75) is 23.6 Å². The van der Waals surface area contributed by atoms with Crippen molar-refractivity contribution >= 4 is 23.3 Å². The number of fused-ring (bicyclic) bond motifs is 1. The number of nitrogens with two attached hydrogens (primary N) is 1. The molecule has 0 aliphatic rings. The van der Waals surface area contributed by atoms with Crippen LogP contribution >= 0.6 is 11.8 Å². The zero-order valence-corrected chi connectivity index (χ0v) is 13.1. The number of carbonyl (C=O) groups is 1. The van der Waals surface area contributed by atoms with Gasteiger partial charge in [-0.05, 0) is 42.8 Å². The minimum atomic E-state index is -0.373. The number of carbonyl (C=O) groups excluding carboxylic acids is 1. The summed E-state index contributed by atoms with van der Waals surface area (Å²) < 4.78 is 14.6. The van der Waals surface area contributed by atoms with Gasteiger partial charge in [0.1, 0.15) is 10.8 Å². The third-order valence-corrected chi connectivity index (χ3v) is 4.60. The van der Waals surface area contributed by atoms with Gasteiger partial charge in [0.2, 0.25) is 5.91 Å². The first-order valence-corrected chi connectivity index (χ1v) is 7.91. The molecular weight excluding hydrogens is 317 g/mol. The summed E-state index contributed by atoms with van der Waals surface area (Å²) in [5.74, 6) is -0.185. The number of amides is 1. The van der Waals surface area contributed by atoms with E-state index in [2.05, 4.69) is 15.3 Å². The highest BCUT2D eigenvalue weighted by atomic mass is 32.2. The minimum absolute atomic E-state index is 0.320. The van der Waals surface area contributed by atoms with E-state index in [-0.39, 0.29) is 17.0 Å². The minimum Gasteiger partial charge on any atom is -0.369 e. The highest BCUT2D eigenvalue weighted by Gasteiger charge is 2.17. The fourth-order valence-corrected chi connectivity index (χ4v) is 2.95. The molecule has 23 heavy (non-hydrogen) atoms. The van der Waals surface area contributed by atoms with E-state index < -0.39 is 0 Å². The lowest BCUT2D eigenvalue weighted by Gasteiger charge is -2.09. The molecule has 1 aromatic carbocycles. The second kappa shape index (κ2) is 6.33. The van der Waals surface area contributed by atoms with Crippen LogP contribution < -0.4 is 5.73 Å². The normalized spacial score (nSPS) is 12.4. The van der Waals surface area contributed by atoms with Gasteiger partial charge >= 0.3 is 0 Å². The van der Waals surface area contributed by atoms with Crippen LogP contribution in [0, 0.1) is 5.82 Å². The number of hydrogen-bond donors (Lipinski definition) is 1. The number of rotatable bonds is 5. The van der Waals surface area contributed by atoms with Crippen molar-refractivity contribution in [2.75, 3.05) is 0 Å². The second-order valence-corrected chi connectivity index (χ2v) is 6.11. The molecule has 1 atom stereocenters. The van der Waals surface area contributed by atoms with E-state index in [9.17, 15) is 9.18 Å². The monoisotopic (exact) mass is 331 g/mol. The number of primary amides is 1. The number of benzene rings is 1. The highest BCUT2D eigenvalue weighted by molar-refractivity contribution is 8.00. The number of hydrogen-bond acceptors (Lipinski definition) is 5. The summed E-state index contributed by atoms with van der Waals surface area (Å²) in [6, 6.07) is 9.49. The van der Waals surface area contributed by atoms with E-state index in [4.69, 9.17) is 5.73 Å². The SMILES string of the molecule is CC[C@@H](Sc1ccc2nnc(-c3ccc(F)cc3)n2n1)C(N)=O. The molecule has 0 bridgehead atoms. The van der Waals surface area contributed by atoms with Crippen LogP contribution in [-0.4, -0.2) is 31.0 Å². The van der Waals surface area contributed by atoms with E-state index in [1.807, 2.05) is 6.92 Å². The fraction of sp³-hybridized carbons (Fsp3) is 0.200.